The maximum absolute atomic E-state index is 14.8. The summed E-state index contributed by atoms with van der Waals surface area (Å²) in [6, 6.07) is 9.07. The standard InChI is InChI=1S/C51H67BClF2N9O6/c1-11-31(4)44(60-36(13-3)28-70-10)58-26-33(12-2)34-14-16-37(39(53)21-34)38-23-50(38)18-19-63(46(50)66)41(20-32(24-56)25-59-51(68,69)29-52)45(65)61-47(5,6)30-64-40(22-43(62-64)49(9,54)55)35-15-17-42(57-27-35)48(7,8)67/h12-17,21-22,24-27,31,38,41,67-69H,11,18-20,23,28-30,56H2,1-10H3,(H,61,65)/b32-24-,33-12+,36-13-,58-26?,59-25+,60-44?. The normalized spacial score (nSPS) is 19.8. The number of nitrogens with zero attached hydrogens (tertiary/aromatic N) is 7. The largest absolute Gasteiger partial charge is 0.404 e. The van der Waals surface area contributed by atoms with Gasteiger partial charge < -0.3 is 36.0 Å². The van der Waals surface area contributed by atoms with E-state index in [1.54, 1.807) is 53.2 Å². The van der Waals surface area contributed by atoms with Crippen LogP contribution in [-0.4, -0.2) is 111 Å². The van der Waals surface area contributed by atoms with E-state index in [-0.39, 0.29) is 42.8 Å². The predicted octanol–water partition coefficient (Wildman–Crippen LogP) is 7.60. The van der Waals surface area contributed by atoms with E-state index in [4.69, 9.17) is 39.9 Å². The number of amidine groups is 1. The summed E-state index contributed by atoms with van der Waals surface area (Å²) in [6.07, 6.45) is 10.3. The molecule has 5 rings (SSSR count). The van der Waals surface area contributed by atoms with Crippen molar-refractivity contribution in [3.05, 3.63) is 99.8 Å². The first-order valence-corrected chi connectivity index (χ1v) is 23.8. The topological polar surface area (TPSA) is 213 Å². The van der Waals surface area contributed by atoms with E-state index in [0.717, 1.165) is 48.2 Å². The summed E-state index contributed by atoms with van der Waals surface area (Å²) in [7, 11) is 7.08. The lowest BCUT2D eigenvalue weighted by Gasteiger charge is -2.33. The number of rotatable bonds is 21. The van der Waals surface area contributed by atoms with Crippen molar-refractivity contribution in [1.29, 1.82) is 0 Å². The molecule has 70 heavy (non-hydrogen) atoms. The van der Waals surface area contributed by atoms with Gasteiger partial charge in [-0.25, -0.2) is 15.0 Å². The molecule has 4 unspecified atom stereocenters. The quantitative estimate of drug-likeness (QED) is 0.0307. The number of aromatic nitrogens is 3. The van der Waals surface area contributed by atoms with E-state index < -0.39 is 52.4 Å². The lowest BCUT2D eigenvalue weighted by Crippen LogP contribution is -2.55. The van der Waals surface area contributed by atoms with E-state index in [1.165, 1.54) is 21.8 Å². The van der Waals surface area contributed by atoms with Crippen LogP contribution in [-0.2, 0) is 32.4 Å². The molecule has 1 aliphatic carbocycles. The summed E-state index contributed by atoms with van der Waals surface area (Å²) in [5.41, 5.74) is 6.80. The molecule has 1 saturated carbocycles. The molecule has 0 bridgehead atoms. The van der Waals surface area contributed by atoms with Crippen LogP contribution in [0.4, 0.5) is 8.78 Å². The minimum atomic E-state index is -3.30. The van der Waals surface area contributed by atoms with E-state index >= 15 is 0 Å². The fourth-order valence-electron chi connectivity index (χ4n) is 8.39. The Labute approximate surface area is 416 Å². The number of amides is 2. The number of aliphatic hydroxyl groups is 3. The fourth-order valence-corrected chi connectivity index (χ4v) is 8.71. The van der Waals surface area contributed by atoms with Crippen molar-refractivity contribution in [2.24, 2.45) is 32.0 Å². The van der Waals surface area contributed by atoms with Crippen molar-refractivity contribution in [2.45, 2.75) is 136 Å². The number of alkyl halides is 2. The molecule has 2 aliphatic rings. The number of pyridine rings is 1. The van der Waals surface area contributed by atoms with E-state index in [0.29, 0.717) is 47.3 Å². The van der Waals surface area contributed by atoms with Crippen molar-refractivity contribution in [1.82, 2.24) is 25.0 Å². The van der Waals surface area contributed by atoms with Crippen LogP contribution < -0.4 is 11.1 Å². The summed E-state index contributed by atoms with van der Waals surface area (Å²) in [5.74, 6) is -6.23. The molecule has 4 atom stereocenters. The lowest BCUT2D eigenvalue weighted by molar-refractivity contribution is -0.141. The number of hydrogen-bond donors (Lipinski definition) is 5. The lowest BCUT2D eigenvalue weighted by atomic mass is 9.95. The van der Waals surface area contributed by atoms with Gasteiger partial charge in [0.05, 0.1) is 49.0 Å². The number of allylic oxidation sites excluding steroid dienone is 3. The molecule has 1 aliphatic heterocycles. The van der Waals surface area contributed by atoms with Crippen LogP contribution in [0, 0.1) is 11.3 Å². The molecule has 3 aromatic rings. The van der Waals surface area contributed by atoms with Crippen LogP contribution in [0.25, 0.3) is 16.8 Å². The molecule has 376 valence electrons. The summed E-state index contributed by atoms with van der Waals surface area (Å²) < 4.78 is 36.2. The van der Waals surface area contributed by atoms with Gasteiger partial charge in [0.2, 0.25) is 11.8 Å². The molecule has 1 spiro atoms. The first kappa shape index (κ1) is 55.5. The van der Waals surface area contributed by atoms with E-state index in [1.807, 2.05) is 44.2 Å². The minimum absolute atomic E-state index is 0.0907. The van der Waals surface area contributed by atoms with Gasteiger partial charge in [-0.2, -0.15) is 13.9 Å². The maximum Gasteiger partial charge on any atom is 0.288 e. The average molecular weight is 986 g/mol. The van der Waals surface area contributed by atoms with Gasteiger partial charge in [0.1, 0.15) is 23.2 Å². The highest BCUT2D eigenvalue weighted by Crippen LogP contribution is 2.66. The molecule has 2 amide bonds. The number of ether oxygens (including phenoxy) is 1. The molecule has 15 nitrogen and oxygen atoms in total. The van der Waals surface area contributed by atoms with Crippen molar-refractivity contribution in [3.63, 3.8) is 0 Å². The molecule has 1 aromatic carbocycles. The number of nitrogens with one attached hydrogen (secondary N) is 1. The molecule has 2 fully saturated rings. The Morgan fingerprint density at radius 1 is 1.10 bits per heavy atom. The highest BCUT2D eigenvalue weighted by atomic mass is 35.5. The summed E-state index contributed by atoms with van der Waals surface area (Å²) in [4.78, 5) is 48.6. The second kappa shape index (κ2) is 22.4. The second-order valence-corrected chi connectivity index (χ2v) is 19.8. The second-order valence-electron chi connectivity index (χ2n) is 19.4. The number of carbonyl (C=O) groups is 2. The Hall–Kier alpha value is -5.40. The number of nitrogens with two attached hydrogens (primary N) is 1. The Morgan fingerprint density at radius 2 is 1.81 bits per heavy atom. The summed E-state index contributed by atoms with van der Waals surface area (Å²) in [5, 5.41) is 38.4. The van der Waals surface area contributed by atoms with Crippen LogP contribution in [0.2, 0.25) is 11.3 Å². The number of hydrogen-bond acceptors (Lipinski definition) is 11. The first-order chi connectivity index (χ1) is 32.8. The van der Waals surface area contributed by atoms with Gasteiger partial charge in [-0.05, 0) is 120 Å². The number of benzene rings is 1. The SMILES string of the molecule is [B]CC(O)(O)/N=C/C(=C\N)CC(C(=O)NC(C)(C)Cn1nc(C(C)(F)F)cc1-c1ccc(C(C)(C)O)nc1)N1CCC2(CC2c2ccc(/C(C=NC(=N/C(=C\C)COC)C(C)CC)=C/C)cc2Cl)C1=O. The number of halogens is 3. The fraction of sp³-hybridized carbons (Fsp3) is 0.510. The van der Waals surface area contributed by atoms with Crippen LogP contribution in [0.15, 0.2) is 87.2 Å². The van der Waals surface area contributed by atoms with Crippen LogP contribution in [0.1, 0.15) is 116 Å². The molecule has 3 heterocycles. The van der Waals surface area contributed by atoms with E-state index in [2.05, 4.69) is 34.2 Å². The van der Waals surface area contributed by atoms with Crippen LogP contribution >= 0.6 is 11.6 Å². The smallest absolute Gasteiger partial charge is 0.288 e. The molecular weight excluding hydrogens is 919 g/mol. The zero-order chi connectivity index (χ0) is 52.0. The van der Waals surface area contributed by atoms with Gasteiger partial charge in [-0.15, -0.1) is 0 Å². The number of likely N-dealkylation sites (tertiary alicyclic amines) is 1. The van der Waals surface area contributed by atoms with Crippen molar-refractivity contribution in [2.75, 3.05) is 20.3 Å². The van der Waals surface area contributed by atoms with Crippen molar-refractivity contribution >= 4 is 55.1 Å². The third kappa shape index (κ3) is 13.3. The minimum Gasteiger partial charge on any atom is -0.404 e. The number of methoxy groups -OCH3 is 1. The molecule has 2 aromatic heterocycles. The van der Waals surface area contributed by atoms with Crippen LogP contribution in [0.3, 0.4) is 0 Å². The predicted molar refractivity (Wildman–Crippen MR) is 272 cm³/mol. The third-order valence-electron chi connectivity index (χ3n) is 12.8. The first-order valence-electron chi connectivity index (χ1n) is 23.4. The number of carbonyl (C=O) groups excluding carboxylic acids is 2. The highest BCUT2D eigenvalue weighted by Gasteiger charge is 2.65. The Balaban J connectivity index is 1.42. The molecule has 6 N–H and O–H groups in total. The summed E-state index contributed by atoms with van der Waals surface area (Å²) >= 11 is 7.04. The monoisotopic (exact) mass is 985 g/mol. The Kier molecular flexibility index (Phi) is 17.7. The molecule has 2 radical (unpaired) electrons. The van der Waals surface area contributed by atoms with E-state index in [9.17, 15) is 33.7 Å². The summed E-state index contributed by atoms with van der Waals surface area (Å²) in [6.45, 7) is 15.7. The van der Waals surface area contributed by atoms with Crippen LogP contribution in [0.5, 0.6) is 0 Å². The molecule has 19 heteroatoms. The Morgan fingerprint density at radius 3 is 2.37 bits per heavy atom. The zero-order valence-electron chi connectivity index (χ0n) is 41.8. The van der Waals surface area contributed by atoms with Gasteiger partial charge in [0.15, 0.2) is 0 Å². The number of aliphatic imine (C=N–C) groups is 3. The van der Waals surface area contributed by atoms with Gasteiger partial charge in [-0.3, -0.25) is 19.3 Å². The van der Waals surface area contributed by atoms with Gasteiger partial charge in [0, 0.05) is 68.0 Å². The highest BCUT2D eigenvalue weighted by molar-refractivity contribution is 6.32. The van der Waals surface area contributed by atoms with Crippen molar-refractivity contribution < 1.29 is 38.4 Å². The Bertz CT molecular complexity index is 2560. The maximum atomic E-state index is 14.8. The van der Waals surface area contributed by atoms with Crippen molar-refractivity contribution in [3.8, 4) is 11.3 Å². The van der Waals surface area contributed by atoms with Gasteiger partial charge in [-0.1, -0.05) is 49.7 Å². The van der Waals surface area contributed by atoms with Gasteiger partial charge >= 0.3 is 0 Å². The van der Waals surface area contributed by atoms with Gasteiger partial charge in [0.25, 0.3) is 11.8 Å². The average Bonchev–Trinajstić information content (AvgIpc) is 3.73. The molecule has 1 saturated heterocycles. The third-order valence-corrected chi connectivity index (χ3v) is 13.1. The zero-order valence-corrected chi connectivity index (χ0v) is 42.6. The molecular formula is C51H67BClF2N9O6.